The van der Waals surface area contributed by atoms with Gasteiger partial charge in [0.15, 0.2) is 0 Å². The van der Waals surface area contributed by atoms with Crippen molar-refractivity contribution in [1.29, 1.82) is 0 Å². The molecule has 0 aliphatic carbocycles. The largest absolute Gasteiger partial charge is 0.480 e. The van der Waals surface area contributed by atoms with Crippen molar-refractivity contribution < 1.29 is 24.2 Å². The van der Waals surface area contributed by atoms with Crippen molar-refractivity contribution in [2.24, 2.45) is 5.92 Å². The fraction of sp³-hybridized carbons (Fsp3) is 0.812. The summed E-state index contributed by atoms with van der Waals surface area (Å²) in [4.78, 5) is 35.6. The minimum absolute atomic E-state index is 0.144. The Balaban J connectivity index is 4.92. The fourth-order valence-electron chi connectivity index (χ4n) is 1.92. The Kier molecular flexibility index (Phi) is 9.80. The third kappa shape index (κ3) is 10.4. The SMILES string of the molecule is CSCC[C@H](NC(=O)[C@H](CC(C)C)NC(=O)OC(C)(C)C)C(=O)O. The highest BCUT2D eigenvalue weighted by Crippen LogP contribution is 2.10. The van der Waals surface area contributed by atoms with Gasteiger partial charge in [-0.05, 0) is 51.5 Å². The molecule has 0 rings (SSSR count). The number of carboxylic acid groups (broad SMARTS) is 1. The Morgan fingerprint density at radius 1 is 1.12 bits per heavy atom. The van der Waals surface area contributed by atoms with Crippen LogP contribution in [0.3, 0.4) is 0 Å². The number of alkyl carbamates (subject to hydrolysis) is 1. The van der Waals surface area contributed by atoms with Crippen LogP contribution in [0.1, 0.15) is 47.5 Å². The molecule has 0 aromatic carbocycles. The zero-order valence-corrected chi connectivity index (χ0v) is 16.2. The van der Waals surface area contributed by atoms with Crippen LogP contribution in [0.25, 0.3) is 0 Å². The van der Waals surface area contributed by atoms with Gasteiger partial charge in [-0.1, -0.05) is 13.8 Å². The number of carbonyl (C=O) groups excluding carboxylic acids is 2. The van der Waals surface area contributed by atoms with Gasteiger partial charge in [0.25, 0.3) is 0 Å². The average Bonchev–Trinajstić information content (AvgIpc) is 2.39. The number of hydrogen-bond acceptors (Lipinski definition) is 5. The number of ether oxygens (including phenoxy) is 1. The second kappa shape index (κ2) is 10.4. The van der Waals surface area contributed by atoms with E-state index in [0.29, 0.717) is 18.6 Å². The number of nitrogens with one attached hydrogen (secondary N) is 2. The summed E-state index contributed by atoms with van der Waals surface area (Å²) in [6.07, 6.45) is 1.88. The lowest BCUT2D eigenvalue weighted by atomic mass is 10.0. The van der Waals surface area contributed by atoms with Gasteiger partial charge in [-0.3, -0.25) is 4.79 Å². The topological polar surface area (TPSA) is 105 Å². The second-order valence-electron chi connectivity index (χ2n) is 7.01. The summed E-state index contributed by atoms with van der Waals surface area (Å²) in [6, 6.07) is -1.81. The van der Waals surface area contributed by atoms with Crippen molar-refractivity contribution in [1.82, 2.24) is 10.6 Å². The molecule has 3 N–H and O–H groups in total. The van der Waals surface area contributed by atoms with Crippen LogP contribution >= 0.6 is 11.8 Å². The molecule has 0 aromatic heterocycles. The summed E-state index contributed by atoms with van der Waals surface area (Å²) in [5.74, 6) is -0.836. The van der Waals surface area contributed by atoms with Crippen LogP contribution in [0.15, 0.2) is 0 Å². The third-order valence-electron chi connectivity index (χ3n) is 2.94. The standard InChI is InChI=1S/C16H30N2O5S/c1-10(2)9-12(18-15(22)23-16(3,4)5)13(19)17-11(14(20)21)7-8-24-6/h10-12H,7-9H2,1-6H3,(H,17,19)(H,18,22)(H,20,21)/t11-,12-/m0/s1. The van der Waals surface area contributed by atoms with Gasteiger partial charge < -0.3 is 20.5 Å². The number of amides is 2. The molecule has 140 valence electrons. The van der Waals surface area contributed by atoms with E-state index < -0.39 is 35.7 Å². The summed E-state index contributed by atoms with van der Waals surface area (Å²) in [5.41, 5.74) is -0.676. The van der Waals surface area contributed by atoms with Crippen molar-refractivity contribution in [2.75, 3.05) is 12.0 Å². The Labute approximate surface area is 148 Å². The van der Waals surface area contributed by atoms with Crippen LogP contribution in [0.2, 0.25) is 0 Å². The quantitative estimate of drug-likeness (QED) is 0.581. The normalized spacial score (nSPS) is 14.0. The number of thioether (sulfide) groups is 1. The zero-order chi connectivity index (χ0) is 18.9. The Hall–Kier alpha value is -1.44. The lowest BCUT2D eigenvalue weighted by Crippen LogP contribution is -2.52. The molecular formula is C16H30N2O5S. The summed E-state index contributed by atoms with van der Waals surface area (Å²) in [5, 5.41) is 14.2. The van der Waals surface area contributed by atoms with Gasteiger partial charge in [0.05, 0.1) is 0 Å². The first-order valence-corrected chi connectivity index (χ1v) is 9.37. The van der Waals surface area contributed by atoms with E-state index in [1.807, 2.05) is 20.1 Å². The molecule has 0 saturated heterocycles. The molecule has 0 aliphatic heterocycles. The van der Waals surface area contributed by atoms with Gasteiger partial charge in [0.1, 0.15) is 17.7 Å². The van der Waals surface area contributed by atoms with E-state index in [1.54, 1.807) is 20.8 Å². The minimum Gasteiger partial charge on any atom is -0.480 e. The monoisotopic (exact) mass is 362 g/mol. The number of carboxylic acids is 1. The van der Waals surface area contributed by atoms with Gasteiger partial charge in [-0.2, -0.15) is 11.8 Å². The maximum atomic E-state index is 12.4. The molecule has 0 bridgehead atoms. The van der Waals surface area contributed by atoms with Crippen molar-refractivity contribution in [3.8, 4) is 0 Å². The fourth-order valence-corrected chi connectivity index (χ4v) is 2.39. The summed E-state index contributed by atoms with van der Waals surface area (Å²) >= 11 is 1.51. The van der Waals surface area contributed by atoms with E-state index in [-0.39, 0.29) is 5.92 Å². The van der Waals surface area contributed by atoms with Crippen molar-refractivity contribution in [3.63, 3.8) is 0 Å². The Morgan fingerprint density at radius 3 is 2.12 bits per heavy atom. The molecule has 0 spiro atoms. The first kappa shape index (κ1) is 22.6. The molecule has 7 nitrogen and oxygen atoms in total. The van der Waals surface area contributed by atoms with E-state index in [2.05, 4.69) is 10.6 Å². The van der Waals surface area contributed by atoms with Gasteiger partial charge in [0, 0.05) is 0 Å². The molecule has 0 heterocycles. The minimum atomic E-state index is -1.09. The highest BCUT2D eigenvalue weighted by atomic mass is 32.2. The van der Waals surface area contributed by atoms with Crippen molar-refractivity contribution in [3.05, 3.63) is 0 Å². The van der Waals surface area contributed by atoms with E-state index in [1.165, 1.54) is 11.8 Å². The molecule has 2 amide bonds. The Morgan fingerprint density at radius 2 is 1.71 bits per heavy atom. The molecule has 0 aromatic rings. The molecule has 0 aliphatic rings. The van der Waals surface area contributed by atoms with E-state index in [9.17, 15) is 19.5 Å². The van der Waals surface area contributed by atoms with Gasteiger partial charge in [-0.15, -0.1) is 0 Å². The van der Waals surface area contributed by atoms with Gasteiger partial charge >= 0.3 is 12.1 Å². The smallest absolute Gasteiger partial charge is 0.408 e. The molecule has 0 saturated carbocycles. The number of carbonyl (C=O) groups is 3. The number of aliphatic carboxylic acids is 1. The van der Waals surface area contributed by atoms with Crippen LogP contribution in [-0.4, -0.2) is 52.8 Å². The summed E-state index contributed by atoms with van der Waals surface area (Å²) in [6.45, 7) is 9.02. The van der Waals surface area contributed by atoms with Crippen LogP contribution < -0.4 is 10.6 Å². The predicted octanol–water partition coefficient (Wildman–Crippen LogP) is 2.25. The lowest BCUT2D eigenvalue weighted by Gasteiger charge is -2.25. The maximum Gasteiger partial charge on any atom is 0.408 e. The molecule has 0 fully saturated rings. The zero-order valence-electron chi connectivity index (χ0n) is 15.3. The highest BCUT2D eigenvalue weighted by molar-refractivity contribution is 7.98. The first-order chi connectivity index (χ1) is 11.0. The molecule has 2 atom stereocenters. The van der Waals surface area contributed by atoms with Crippen LogP contribution in [0, 0.1) is 5.92 Å². The number of hydrogen-bond donors (Lipinski definition) is 3. The molecule has 24 heavy (non-hydrogen) atoms. The predicted molar refractivity (Wildman–Crippen MR) is 95.2 cm³/mol. The maximum absolute atomic E-state index is 12.4. The van der Waals surface area contributed by atoms with Gasteiger partial charge in [0.2, 0.25) is 5.91 Å². The second-order valence-corrected chi connectivity index (χ2v) is 7.99. The lowest BCUT2D eigenvalue weighted by molar-refractivity contribution is -0.142. The van der Waals surface area contributed by atoms with Crippen LogP contribution in [0.5, 0.6) is 0 Å². The molecule has 0 radical (unpaired) electrons. The first-order valence-electron chi connectivity index (χ1n) is 7.98. The number of rotatable bonds is 9. The van der Waals surface area contributed by atoms with Crippen LogP contribution in [0.4, 0.5) is 4.79 Å². The van der Waals surface area contributed by atoms with Crippen molar-refractivity contribution in [2.45, 2.75) is 65.1 Å². The molecule has 8 heteroatoms. The van der Waals surface area contributed by atoms with E-state index in [0.717, 1.165) is 0 Å². The highest BCUT2D eigenvalue weighted by Gasteiger charge is 2.28. The van der Waals surface area contributed by atoms with Crippen molar-refractivity contribution >= 4 is 29.7 Å². The van der Waals surface area contributed by atoms with E-state index >= 15 is 0 Å². The van der Waals surface area contributed by atoms with Gasteiger partial charge in [-0.25, -0.2) is 9.59 Å². The average molecular weight is 362 g/mol. The third-order valence-corrected chi connectivity index (χ3v) is 3.58. The molecule has 0 unspecified atom stereocenters. The summed E-state index contributed by atoms with van der Waals surface area (Å²) < 4.78 is 5.17. The van der Waals surface area contributed by atoms with E-state index in [4.69, 9.17) is 4.74 Å². The molecular weight excluding hydrogens is 332 g/mol. The summed E-state index contributed by atoms with van der Waals surface area (Å²) in [7, 11) is 0. The Bertz CT molecular complexity index is 435. The van der Waals surface area contributed by atoms with Crippen LogP contribution in [-0.2, 0) is 14.3 Å².